The van der Waals surface area contributed by atoms with Gasteiger partial charge in [0, 0.05) is 12.1 Å². The van der Waals surface area contributed by atoms with E-state index in [4.69, 9.17) is 4.98 Å². The predicted octanol–water partition coefficient (Wildman–Crippen LogP) is 5.29. The molecule has 150 valence electrons. The van der Waals surface area contributed by atoms with Gasteiger partial charge in [-0.15, -0.1) is 0 Å². The van der Waals surface area contributed by atoms with Crippen LogP contribution < -0.4 is 0 Å². The van der Waals surface area contributed by atoms with Gasteiger partial charge >= 0.3 is 5.97 Å². The fourth-order valence-corrected chi connectivity index (χ4v) is 4.07. The molecule has 0 spiro atoms. The molecule has 0 saturated heterocycles. The Hall–Kier alpha value is -3.47. The number of aromatic nitrogens is 3. The number of nitrogens with zero attached hydrogens (tertiary/aromatic N) is 3. The van der Waals surface area contributed by atoms with Crippen LogP contribution in [0.2, 0.25) is 0 Å². The first-order valence-electron chi connectivity index (χ1n) is 10.3. The van der Waals surface area contributed by atoms with Gasteiger partial charge in [-0.25, -0.2) is 14.8 Å². The molecule has 2 aromatic heterocycles. The summed E-state index contributed by atoms with van der Waals surface area (Å²) in [7, 11) is 0. The SMILES string of the molecule is Cc1ccnc2c1nc(C1CC1)n2CC1=CC=C(c2ccccc2C(=O)O)CC=C1. The fourth-order valence-electron chi connectivity index (χ4n) is 4.07. The van der Waals surface area contributed by atoms with Crippen molar-refractivity contribution in [3.63, 3.8) is 0 Å². The largest absolute Gasteiger partial charge is 0.478 e. The number of pyridine rings is 1. The fraction of sp³-hybridized carbons (Fsp3) is 0.240. The van der Waals surface area contributed by atoms with Crippen molar-refractivity contribution in [3.8, 4) is 0 Å². The van der Waals surface area contributed by atoms with Crippen LogP contribution in [0.3, 0.4) is 0 Å². The van der Waals surface area contributed by atoms with E-state index in [2.05, 4.69) is 34.7 Å². The van der Waals surface area contributed by atoms with Gasteiger partial charge in [0.15, 0.2) is 5.65 Å². The number of fused-ring (bicyclic) bond motifs is 1. The smallest absolute Gasteiger partial charge is 0.336 e. The van der Waals surface area contributed by atoms with Crippen LogP contribution >= 0.6 is 0 Å². The summed E-state index contributed by atoms with van der Waals surface area (Å²) in [6.45, 7) is 2.79. The highest BCUT2D eigenvalue weighted by molar-refractivity contribution is 5.94. The second-order valence-corrected chi connectivity index (χ2v) is 8.02. The molecule has 2 aliphatic carbocycles. The minimum atomic E-state index is -0.899. The Labute approximate surface area is 175 Å². The van der Waals surface area contributed by atoms with Crippen molar-refractivity contribution in [3.05, 3.63) is 88.9 Å². The summed E-state index contributed by atoms with van der Waals surface area (Å²) in [6, 6.07) is 9.19. The molecule has 0 amide bonds. The number of imidazole rings is 1. The molecule has 5 nitrogen and oxygen atoms in total. The minimum Gasteiger partial charge on any atom is -0.478 e. The third-order valence-electron chi connectivity index (χ3n) is 5.82. The highest BCUT2D eigenvalue weighted by Crippen LogP contribution is 2.41. The van der Waals surface area contributed by atoms with Crippen molar-refractivity contribution in [1.82, 2.24) is 14.5 Å². The maximum Gasteiger partial charge on any atom is 0.336 e. The summed E-state index contributed by atoms with van der Waals surface area (Å²) in [5, 5.41) is 9.52. The van der Waals surface area contributed by atoms with Crippen molar-refractivity contribution in [2.45, 2.75) is 38.6 Å². The molecule has 1 saturated carbocycles. The van der Waals surface area contributed by atoms with E-state index in [-0.39, 0.29) is 0 Å². The lowest BCUT2D eigenvalue weighted by atomic mass is 9.97. The molecule has 0 radical (unpaired) electrons. The minimum absolute atomic E-state index is 0.338. The molecule has 1 fully saturated rings. The monoisotopic (exact) mass is 397 g/mol. The number of carbonyl (C=O) groups is 1. The number of benzene rings is 1. The number of allylic oxidation sites excluding steroid dienone is 6. The van der Waals surface area contributed by atoms with E-state index in [1.54, 1.807) is 12.1 Å². The molecule has 1 aromatic carbocycles. The molecule has 0 bridgehead atoms. The third kappa shape index (κ3) is 3.36. The quantitative estimate of drug-likeness (QED) is 0.636. The first kappa shape index (κ1) is 18.6. The summed E-state index contributed by atoms with van der Waals surface area (Å²) < 4.78 is 2.25. The number of carboxylic acids is 1. The van der Waals surface area contributed by atoms with Crippen LogP contribution in [-0.4, -0.2) is 25.6 Å². The Morgan fingerprint density at radius 2 is 2.03 bits per heavy atom. The topological polar surface area (TPSA) is 68.0 Å². The van der Waals surface area contributed by atoms with Gasteiger partial charge in [-0.2, -0.15) is 0 Å². The van der Waals surface area contributed by atoms with Crippen molar-refractivity contribution in [2.24, 2.45) is 0 Å². The molecule has 0 unspecified atom stereocenters. The Morgan fingerprint density at radius 1 is 1.20 bits per heavy atom. The second kappa shape index (κ2) is 7.41. The van der Waals surface area contributed by atoms with Crippen molar-refractivity contribution in [1.29, 1.82) is 0 Å². The van der Waals surface area contributed by atoms with Crippen LogP contribution in [0.5, 0.6) is 0 Å². The van der Waals surface area contributed by atoms with Gasteiger partial charge in [-0.05, 0) is 60.6 Å². The average Bonchev–Trinajstić information content (AvgIpc) is 3.55. The van der Waals surface area contributed by atoms with Crippen LogP contribution in [-0.2, 0) is 6.54 Å². The van der Waals surface area contributed by atoms with Crippen LogP contribution in [0.15, 0.2) is 66.4 Å². The van der Waals surface area contributed by atoms with E-state index in [9.17, 15) is 9.90 Å². The highest BCUT2D eigenvalue weighted by atomic mass is 16.4. The van der Waals surface area contributed by atoms with Crippen molar-refractivity contribution < 1.29 is 9.90 Å². The van der Waals surface area contributed by atoms with Crippen LogP contribution in [0.4, 0.5) is 0 Å². The van der Waals surface area contributed by atoms with Gasteiger partial charge in [0.2, 0.25) is 0 Å². The second-order valence-electron chi connectivity index (χ2n) is 8.02. The van der Waals surface area contributed by atoms with Gasteiger partial charge in [0.05, 0.1) is 12.1 Å². The summed E-state index contributed by atoms with van der Waals surface area (Å²) in [5.74, 6) is 0.762. The van der Waals surface area contributed by atoms with E-state index in [0.29, 0.717) is 24.4 Å². The molecule has 2 aliphatic rings. The van der Waals surface area contributed by atoms with Gasteiger partial charge in [0.25, 0.3) is 0 Å². The van der Waals surface area contributed by atoms with Crippen molar-refractivity contribution >= 4 is 22.7 Å². The highest BCUT2D eigenvalue weighted by Gasteiger charge is 2.30. The van der Waals surface area contributed by atoms with E-state index in [1.165, 1.54) is 12.8 Å². The van der Waals surface area contributed by atoms with E-state index in [0.717, 1.165) is 39.3 Å². The van der Waals surface area contributed by atoms with Crippen LogP contribution in [0.25, 0.3) is 16.7 Å². The van der Waals surface area contributed by atoms with E-state index in [1.807, 2.05) is 30.5 Å². The van der Waals surface area contributed by atoms with Gasteiger partial charge in [0.1, 0.15) is 11.3 Å². The molecular formula is C25H23N3O2. The molecular weight excluding hydrogens is 374 g/mol. The lowest BCUT2D eigenvalue weighted by molar-refractivity contribution is 0.0696. The first-order valence-corrected chi connectivity index (χ1v) is 10.3. The van der Waals surface area contributed by atoms with Crippen molar-refractivity contribution in [2.75, 3.05) is 0 Å². The van der Waals surface area contributed by atoms with Gasteiger partial charge < -0.3 is 9.67 Å². The number of hydrogen-bond acceptors (Lipinski definition) is 3. The normalized spacial score (nSPS) is 16.3. The molecule has 5 rings (SSSR count). The lowest BCUT2D eigenvalue weighted by Gasteiger charge is -2.09. The lowest BCUT2D eigenvalue weighted by Crippen LogP contribution is -2.05. The number of rotatable bonds is 5. The van der Waals surface area contributed by atoms with E-state index >= 15 is 0 Å². The summed E-state index contributed by atoms with van der Waals surface area (Å²) in [5.41, 5.74) is 6.36. The molecule has 3 aromatic rings. The number of hydrogen-bond donors (Lipinski definition) is 1. The van der Waals surface area contributed by atoms with Crippen LogP contribution in [0.1, 0.15) is 52.5 Å². The Balaban J connectivity index is 1.52. The summed E-state index contributed by atoms with van der Waals surface area (Å²) in [4.78, 5) is 21.2. The summed E-state index contributed by atoms with van der Waals surface area (Å²) >= 11 is 0. The van der Waals surface area contributed by atoms with Gasteiger partial charge in [-0.3, -0.25) is 0 Å². The standard InChI is InChI=1S/C25H23N3O2/c1-16-13-14-26-24-22(16)27-23(19-11-12-19)28(24)15-17-5-4-6-18(10-9-17)20-7-2-3-8-21(20)25(29)30/h2-5,7-10,13-14,19H,6,11-12,15H2,1H3,(H,29,30). The molecule has 1 N–H and O–H groups in total. The number of carboxylic acid groups (broad SMARTS) is 1. The zero-order valence-corrected chi connectivity index (χ0v) is 16.9. The zero-order chi connectivity index (χ0) is 20.7. The average molecular weight is 397 g/mol. The number of aryl methyl sites for hydroxylation is 1. The first-order chi connectivity index (χ1) is 14.6. The Bertz CT molecular complexity index is 1240. The predicted molar refractivity (Wildman–Crippen MR) is 117 cm³/mol. The zero-order valence-electron chi connectivity index (χ0n) is 16.9. The molecule has 0 atom stereocenters. The van der Waals surface area contributed by atoms with E-state index < -0.39 is 5.97 Å². The number of aromatic carboxylic acids is 1. The maximum atomic E-state index is 11.6. The molecule has 5 heteroatoms. The Morgan fingerprint density at radius 3 is 2.83 bits per heavy atom. The molecule has 2 heterocycles. The summed E-state index contributed by atoms with van der Waals surface area (Å²) in [6.07, 6.45) is 13.3. The molecule has 0 aliphatic heterocycles. The third-order valence-corrected chi connectivity index (χ3v) is 5.82. The van der Waals surface area contributed by atoms with Crippen LogP contribution in [0, 0.1) is 6.92 Å². The Kier molecular flexibility index (Phi) is 4.58. The van der Waals surface area contributed by atoms with Gasteiger partial charge in [-0.1, -0.05) is 42.5 Å². The maximum absolute atomic E-state index is 11.6. The molecule has 30 heavy (non-hydrogen) atoms.